The first-order valence-electron chi connectivity index (χ1n) is 12.0. The second-order valence-corrected chi connectivity index (χ2v) is 9.02. The normalized spacial score (nSPS) is 14.2. The molecule has 0 saturated carbocycles. The van der Waals surface area contributed by atoms with Crippen molar-refractivity contribution in [1.29, 1.82) is 0 Å². The van der Waals surface area contributed by atoms with Crippen molar-refractivity contribution < 1.29 is 14.2 Å². The van der Waals surface area contributed by atoms with Gasteiger partial charge in [-0.25, -0.2) is 9.97 Å². The van der Waals surface area contributed by atoms with E-state index in [1.54, 1.807) is 7.11 Å². The van der Waals surface area contributed by atoms with Gasteiger partial charge in [0.1, 0.15) is 12.1 Å². The van der Waals surface area contributed by atoms with Gasteiger partial charge >= 0.3 is 0 Å². The van der Waals surface area contributed by atoms with Crippen LogP contribution in [0.5, 0.6) is 23.1 Å². The van der Waals surface area contributed by atoms with E-state index in [2.05, 4.69) is 52.5 Å². The Balaban J connectivity index is 1.39. The maximum absolute atomic E-state index is 6.31. The van der Waals surface area contributed by atoms with Crippen molar-refractivity contribution in [3.8, 4) is 23.1 Å². The molecule has 0 bridgehead atoms. The molecule has 7 heteroatoms. The van der Waals surface area contributed by atoms with Gasteiger partial charge < -0.3 is 23.7 Å². The van der Waals surface area contributed by atoms with Gasteiger partial charge in [0.15, 0.2) is 11.5 Å². The maximum atomic E-state index is 6.31. The zero-order valence-electron chi connectivity index (χ0n) is 20.4. The zero-order chi connectivity index (χ0) is 23.7. The van der Waals surface area contributed by atoms with Gasteiger partial charge in [-0.1, -0.05) is 0 Å². The highest BCUT2D eigenvalue weighted by Crippen LogP contribution is 2.38. The average Bonchev–Trinajstić information content (AvgIpc) is 3.46. The van der Waals surface area contributed by atoms with Crippen molar-refractivity contribution >= 4 is 21.8 Å². The van der Waals surface area contributed by atoms with Crippen molar-refractivity contribution in [3.05, 3.63) is 47.9 Å². The minimum absolute atomic E-state index is 0.499. The van der Waals surface area contributed by atoms with Gasteiger partial charge in [-0.3, -0.25) is 0 Å². The molecule has 178 valence electrons. The van der Waals surface area contributed by atoms with Crippen LogP contribution in [0.1, 0.15) is 30.5 Å². The van der Waals surface area contributed by atoms with Crippen LogP contribution in [0.25, 0.3) is 21.8 Å². The van der Waals surface area contributed by atoms with E-state index in [-0.39, 0.29) is 0 Å². The first-order chi connectivity index (χ1) is 16.5. The second kappa shape index (κ2) is 9.50. The molecule has 34 heavy (non-hydrogen) atoms. The Kier molecular flexibility index (Phi) is 6.28. The van der Waals surface area contributed by atoms with Crippen LogP contribution in [-0.2, 0) is 7.05 Å². The molecule has 3 heterocycles. The van der Waals surface area contributed by atoms with Crippen molar-refractivity contribution in [2.24, 2.45) is 7.05 Å². The smallest absolute Gasteiger partial charge is 0.230 e. The van der Waals surface area contributed by atoms with E-state index < -0.39 is 0 Å². The van der Waals surface area contributed by atoms with E-state index in [9.17, 15) is 0 Å². The van der Waals surface area contributed by atoms with Crippen molar-refractivity contribution in [1.82, 2.24) is 19.4 Å². The topological polar surface area (TPSA) is 61.6 Å². The molecule has 4 aromatic rings. The fourth-order valence-corrected chi connectivity index (χ4v) is 4.75. The SMILES string of the molecule is COc1cc2c(Oc3ccc4c(cc(C)n4C)c3C)ncnc2cc1OCCCN1CCCC1. The van der Waals surface area contributed by atoms with Crippen molar-refractivity contribution in [2.75, 3.05) is 33.4 Å². The third-order valence-corrected chi connectivity index (χ3v) is 6.85. The van der Waals surface area contributed by atoms with Gasteiger partial charge in [0.25, 0.3) is 0 Å². The van der Waals surface area contributed by atoms with Crippen molar-refractivity contribution in [3.63, 3.8) is 0 Å². The Labute approximate surface area is 200 Å². The van der Waals surface area contributed by atoms with Gasteiger partial charge in [-0.2, -0.15) is 0 Å². The van der Waals surface area contributed by atoms with Crippen LogP contribution < -0.4 is 14.2 Å². The molecule has 5 rings (SSSR count). The predicted octanol–water partition coefficient (Wildman–Crippen LogP) is 5.40. The first kappa shape index (κ1) is 22.5. The summed E-state index contributed by atoms with van der Waals surface area (Å²) in [6, 6.07) is 10.1. The first-order valence-corrected chi connectivity index (χ1v) is 12.0. The van der Waals surface area contributed by atoms with E-state index in [1.807, 2.05) is 18.2 Å². The largest absolute Gasteiger partial charge is 0.493 e. The molecule has 2 aromatic carbocycles. The second-order valence-electron chi connectivity index (χ2n) is 9.02. The van der Waals surface area contributed by atoms with E-state index in [0.29, 0.717) is 24.0 Å². The summed E-state index contributed by atoms with van der Waals surface area (Å²) < 4.78 is 20.2. The summed E-state index contributed by atoms with van der Waals surface area (Å²) in [6.07, 6.45) is 5.13. The molecule has 0 amide bonds. The number of aromatic nitrogens is 3. The molecule has 0 N–H and O–H groups in total. The molecule has 1 aliphatic rings. The molecular weight excluding hydrogens is 428 g/mol. The van der Waals surface area contributed by atoms with Gasteiger partial charge in [-0.15, -0.1) is 0 Å². The molecule has 0 aliphatic carbocycles. The van der Waals surface area contributed by atoms with Crippen LogP contribution in [-0.4, -0.2) is 52.8 Å². The van der Waals surface area contributed by atoms with E-state index >= 15 is 0 Å². The number of rotatable bonds is 8. The highest BCUT2D eigenvalue weighted by atomic mass is 16.5. The molecule has 0 unspecified atom stereocenters. The van der Waals surface area contributed by atoms with Gasteiger partial charge in [0.05, 0.1) is 24.6 Å². The number of nitrogens with zero attached hydrogens (tertiary/aromatic N) is 4. The standard InChI is InChI=1S/C27H32N4O3/c1-18-14-20-19(2)24(9-8-23(20)30(18)3)34-27-21-15-25(32-4)26(16-22(21)28-17-29-27)33-13-7-12-31-10-5-6-11-31/h8-9,14-17H,5-7,10-13H2,1-4H3. The van der Waals surface area contributed by atoms with Crippen LogP contribution in [0.3, 0.4) is 0 Å². The molecular formula is C27H32N4O3. The Hall–Kier alpha value is -3.32. The summed E-state index contributed by atoms with van der Waals surface area (Å²) >= 11 is 0. The Bertz CT molecular complexity index is 1320. The third kappa shape index (κ3) is 4.28. The highest BCUT2D eigenvalue weighted by molar-refractivity contribution is 5.89. The van der Waals surface area contributed by atoms with Crippen LogP contribution >= 0.6 is 0 Å². The quantitative estimate of drug-likeness (QED) is 0.328. The monoisotopic (exact) mass is 460 g/mol. The summed E-state index contributed by atoms with van der Waals surface area (Å²) in [5, 5.41) is 1.96. The zero-order valence-corrected chi connectivity index (χ0v) is 20.4. The van der Waals surface area contributed by atoms with E-state index in [1.165, 1.54) is 48.9 Å². The molecule has 0 atom stereocenters. The Morgan fingerprint density at radius 2 is 1.76 bits per heavy atom. The summed E-state index contributed by atoms with van der Waals surface area (Å²) in [6.45, 7) is 8.30. The summed E-state index contributed by atoms with van der Waals surface area (Å²) in [4.78, 5) is 11.4. The number of likely N-dealkylation sites (tertiary alicyclic amines) is 1. The lowest BCUT2D eigenvalue weighted by atomic mass is 10.1. The lowest BCUT2D eigenvalue weighted by molar-refractivity contribution is 0.254. The number of benzene rings is 2. The molecule has 7 nitrogen and oxygen atoms in total. The Morgan fingerprint density at radius 1 is 0.941 bits per heavy atom. The number of aryl methyl sites for hydroxylation is 3. The van der Waals surface area contributed by atoms with Gasteiger partial charge in [-0.05, 0) is 70.5 Å². The number of hydrogen-bond donors (Lipinski definition) is 0. The summed E-state index contributed by atoms with van der Waals surface area (Å²) in [5.41, 5.74) is 4.23. The third-order valence-electron chi connectivity index (χ3n) is 6.85. The van der Waals surface area contributed by atoms with Crippen molar-refractivity contribution in [2.45, 2.75) is 33.1 Å². The average molecular weight is 461 g/mol. The molecule has 0 spiro atoms. The number of methoxy groups -OCH3 is 1. The highest BCUT2D eigenvalue weighted by Gasteiger charge is 2.16. The number of hydrogen-bond acceptors (Lipinski definition) is 6. The maximum Gasteiger partial charge on any atom is 0.230 e. The van der Waals surface area contributed by atoms with Gasteiger partial charge in [0, 0.05) is 41.8 Å². The van der Waals surface area contributed by atoms with E-state index in [4.69, 9.17) is 14.2 Å². The molecule has 0 radical (unpaired) electrons. The lowest BCUT2D eigenvalue weighted by Gasteiger charge is -2.16. The van der Waals surface area contributed by atoms with Crippen LogP contribution in [0.2, 0.25) is 0 Å². The molecule has 2 aromatic heterocycles. The molecule has 1 aliphatic heterocycles. The summed E-state index contributed by atoms with van der Waals surface area (Å²) in [5.74, 6) is 2.62. The van der Waals surface area contributed by atoms with Crippen LogP contribution in [0.15, 0.2) is 36.7 Å². The molecule has 1 saturated heterocycles. The van der Waals surface area contributed by atoms with Gasteiger partial charge in [0.2, 0.25) is 5.88 Å². The number of fused-ring (bicyclic) bond motifs is 2. The van der Waals surface area contributed by atoms with E-state index in [0.717, 1.165) is 35.2 Å². The van der Waals surface area contributed by atoms with Crippen LogP contribution in [0.4, 0.5) is 0 Å². The lowest BCUT2D eigenvalue weighted by Crippen LogP contribution is -2.21. The number of ether oxygens (including phenoxy) is 3. The fourth-order valence-electron chi connectivity index (χ4n) is 4.75. The summed E-state index contributed by atoms with van der Waals surface area (Å²) in [7, 11) is 3.73. The molecule has 1 fully saturated rings. The fraction of sp³-hybridized carbons (Fsp3) is 0.407. The van der Waals surface area contributed by atoms with Crippen LogP contribution in [0, 0.1) is 13.8 Å². The minimum atomic E-state index is 0.499. The Morgan fingerprint density at radius 3 is 2.56 bits per heavy atom. The minimum Gasteiger partial charge on any atom is -0.493 e. The predicted molar refractivity (Wildman–Crippen MR) is 134 cm³/mol.